The molecule has 0 amide bonds. The standard InChI is InChI=1S/C19H24N6S.HI/c1-14-7-8-15(16(12-14)26-3)13-22-19(20-2)21-10-9-18-24-23-17-6-4-5-11-25(17)18;/h4-8,11-12H,9-10,13H2,1-3H3,(H2,20,21,22);1H. The van der Waals surface area contributed by atoms with Gasteiger partial charge in [0.05, 0.1) is 0 Å². The van der Waals surface area contributed by atoms with Gasteiger partial charge in [0, 0.05) is 37.7 Å². The first kappa shape index (κ1) is 21.5. The topological polar surface area (TPSA) is 66.6 Å². The molecule has 0 spiro atoms. The first-order chi connectivity index (χ1) is 12.7. The molecule has 2 N–H and O–H groups in total. The molecule has 1 aromatic carbocycles. The summed E-state index contributed by atoms with van der Waals surface area (Å²) in [6, 6.07) is 12.4. The molecule has 0 bridgehead atoms. The Kier molecular flexibility index (Phi) is 8.36. The van der Waals surface area contributed by atoms with Crippen LogP contribution in [-0.4, -0.2) is 40.4 Å². The van der Waals surface area contributed by atoms with Gasteiger partial charge in [0.2, 0.25) is 0 Å². The van der Waals surface area contributed by atoms with Crippen molar-refractivity contribution in [2.75, 3.05) is 19.8 Å². The van der Waals surface area contributed by atoms with Gasteiger partial charge in [-0.1, -0.05) is 18.2 Å². The quantitative estimate of drug-likeness (QED) is 0.237. The molecule has 0 aliphatic rings. The minimum atomic E-state index is 0. The summed E-state index contributed by atoms with van der Waals surface area (Å²) < 4.78 is 2.01. The average molecular weight is 496 g/mol. The lowest BCUT2D eigenvalue weighted by Gasteiger charge is -2.14. The molecule has 0 saturated carbocycles. The van der Waals surface area contributed by atoms with Crippen LogP contribution in [0.5, 0.6) is 0 Å². The summed E-state index contributed by atoms with van der Waals surface area (Å²) in [5.41, 5.74) is 3.42. The third kappa shape index (κ3) is 5.58. The number of guanidine groups is 1. The highest BCUT2D eigenvalue weighted by Gasteiger charge is 2.06. The maximum absolute atomic E-state index is 4.30. The lowest BCUT2D eigenvalue weighted by Crippen LogP contribution is -2.38. The van der Waals surface area contributed by atoms with Crippen LogP contribution in [0.25, 0.3) is 5.65 Å². The van der Waals surface area contributed by atoms with Crippen LogP contribution in [0.3, 0.4) is 0 Å². The summed E-state index contributed by atoms with van der Waals surface area (Å²) in [6.45, 7) is 3.59. The third-order valence-electron chi connectivity index (χ3n) is 4.14. The predicted octanol–water partition coefficient (Wildman–Crippen LogP) is 3.29. The van der Waals surface area contributed by atoms with Crippen LogP contribution in [0.2, 0.25) is 0 Å². The van der Waals surface area contributed by atoms with E-state index in [1.807, 2.05) is 28.8 Å². The minimum absolute atomic E-state index is 0. The summed E-state index contributed by atoms with van der Waals surface area (Å²) in [4.78, 5) is 5.60. The first-order valence-corrected chi connectivity index (χ1v) is 9.80. The number of halogens is 1. The normalized spacial score (nSPS) is 11.3. The lowest BCUT2D eigenvalue weighted by molar-refractivity contribution is 0.758. The van der Waals surface area contributed by atoms with E-state index in [0.717, 1.165) is 36.9 Å². The number of hydrogen-bond donors (Lipinski definition) is 2. The van der Waals surface area contributed by atoms with Gasteiger partial charge in [-0.25, -0.2) is 0 Å². The van der Waals surface area contributed by atoms with E-state index in [1.165, 1.54) is 16.0 Å². The molecule has 2 aromatic heterocycles. The molecule has 0 aliphatic heterocycles. The Morgan fingerprint density at radius 1 is 1.19 bits per heavy atom. The molecule has 144 valence electrons. The molecule has 0 aliphatic carbocycles. The minimum Gasteiger partial charge on any atom is -0.356 e. The second-order valence-electron chi connectivity index (χ2n) is 5.96. The van der Waals surface area contributed by atoms with Crippen LogP contribution in [0.15, 0.2) is 52.5 Å². The number of aromatic nitrogens is 3. The number of rotatable bonds is 6. The average Bonchev–Trinajstić information content (AvgIpc) is 3.08. The van der Waals surface area contributed by atoms with Crippen LogP contribution in [0.4, 0.5) is 0 Å². The molecule has 6 nitrogen and oxygen atoms in total. The fraction of sp³-hybridized carbons (Fsp3) is 0.316. The van der Waals surface area contributed by atoms with Crippen molar-refractivity contribution in [1.29, 1.82) is 0 Å². The van der Waals surface area contributed by atoms with E-state index >= 15 is 0 Å². The summed E-state index contributed by atoms with van der Waals surface area (Å²) in [5.74, 6) is 1.72. The molecule has 3 aromatic rings. The fourth-order valence-corrected chi connectivity index (χ4v) is 3.46. The van der Waals surface area contributed by atoms with Crippen LogP contribution < -0.4 is 10.6 Å². The number of pyridine rings is 1. The Morgan fingerprint density at radius 2 is 2.04 bits per heavy atom. The van der Waals surface area contributed by atoms with E-state index in [9.17, 15) is 0 Å². The van der Waals surface area contributed by atoms with Gasteiger partial charge in [-0.2, -0.15) is 0 Å². The summed E-state index contributed by atoms with van der Waals surface area (Å²) in [6.07, 6.45) is 4.86. The SMILES string of the molecule is CN=C(NCCc1nnc2ccccn12)NCc1ccc(C)cc1SC.I. The summed E-state index contributed by atoms with van der Waals surface area (Å²) in [5, 5.41) is 15.2. The second-order valence-corrected chi connectivity index (χ2v) is 6.81. The summed E-state index contributed by atoms with van der Waals surface area (Å²) in [7, 11) is 1.78. The van der Waals surface area contributed by atoms with Crippen LogP contribution in [-0.2, 0) is 13.0 Å². The van der Waals surface area contributed by atoms with Crippen molar-refractivity contribution < 1.29 is 0 Å². The lowest BCUT2D eigenvalue weighted by atomic mass is 10.1. The van der Waals surface area contributed by atoms with Crippen LogP contribution >= 0.6 is 35.7 Å². The molecule has 0 fully saturated rings. The Hall–Kier alpha value is -1.81. The highest BCUT2D eigenvalue weighted by atomic mass is 127. The van der Waals surface area contributed by atoms with Gasteiger partial charge in [-0.3, -0.25) is 9.39 Å². The molecule has 8 heteroatoms. The molecular weight excluding hydrogens is 471 g/mol. The van der Waals surface area contributed by atoms with Gasteiger partial charge < -0.3 is 10.6 Å². The zero-order valence-corrected chi connectivity index (χ0v) is 18.9. The number of benzene rings is 1. The molecule has 2 heterocycles. The number of fused-ring (bicyclic) bond motifs is 1. The van der Waals surface area contributed by atoms with Crippen LogP contribution in [0.1, 0.15) is 17.0 Å². The van der Waals surface area contributed by atoms with Crippen LogP contribution in [0, 0.1) is 6.92 Å². The van der Waals surface area contributed by atoms with Crippen molar-refractivity contribution in [1.82, 2.24) is 25.2 Å². The van der Waals surface area contributed by atoms with E-state index < -0.39 is 0 Å². The van der Waals surface area contributed by atoms with Gasteiger partial charge in [0.1, 0.15) is 5.82 Å². The molecule has 0 atom stereocenters. The van der Waals surface area contributed by atoms with E-state index in [2.05, 4.69) is 57.2 Å². The van der Waals surface area contributed by atoms with Crippen molar-refractivity contribution in [3.63, 3.8) is 0 Å². The number of nitrogens with one attached hydrogen (secondary N) is 2. The number of hydrogen-bond acceptors (Lipinski definition) is 4. The largest absolute Gasteiger partial charge is 0.356 e. The van der Waals surface area contributed by atoms with E-state index in [1.54, 1.807) is 18.8 Å². The predicted molar refractivity (Wildman–Crippen MR) is 123 cm³/mol. The van der Waals surface area contributed by atoms with Crippen molar-refractivity contribution in [2.45, 2.75) is 24.8 Å². The molecule has 0 unspecified atom stereocenters. The van der Waals surface area contributed by atoms with E-state index in [0.29, 0.717) is 0 Å². The maximum atomic E-state index is 4.30. The number of aryl methyl sites for hydroxylation is 1. The number of thioether (sulfide) groups is 1. The van der Waals surface area contributed by atoms with Crippen molar-refractivity contribution in [2.24, 2.45) is 4.99 Å². The number of nitrogens with zero attached hydrogens (tertiary/aromatic N) is 4. The van der Waals surface area contributed by atoms with E-state index in [4.69, 9.17) is 0 Å². The Morgan fingerprint density at radius 3 is 2.81 bits per heavy atom. The number of aliphatic imine (C=N–C) groups is 1. The molecule has 0 saturated heterocycles. The van der Waals surface area contributed by atoms with Crippen molar-refractivity contribution in [3.8, 4) is 0 Å². The highest BCUT2D eigenvalue weighted by Crippen LogP contribution is 2.21. The highest BCUT2D eigenvalue weighted by molar-refractivity contribution is 14.0. The third-order valence-corrected chi connectivity index (χ3v) is 4.96. The molecule has 0 radical (unpaired) electrons. The monoisotopic (exact) mass is 496 g/mol. The zero-order chi connectivity index (χ0) is 18.4. The van der Waals surface area contributed by atoms with Gasteiger partial charge in [0.15, 0.2) is 11.6 Å². The Bertz CT molecular complexity index is 908. The van der Waals surface area contributed by atoms with Gasteiger partial charge in [-0.05, 0) is 42.5 Å². The molecule has 27 heavy (non-hydrogen) atoms. The molecule has 3 rings (SSSR count). The maximum Gasteiger partial charge on any atom is 0.191 e. The second kappa shape index (κ2) is 10.5. The van der Waals surface area contributed by atoms with E-state index in [-0.39, 0.29) is 24.0 Å². The fourth-order valence-electron chi connectivity index (χ4n) is 2.75. The Balaban J connectivity index is 0.00000261. The van der Waals surface area contributed by atoms with Gasteiger partial charge in [0.25, 0.3) is 0 Å². The smallest absolute Gasteiger partial charge is 0.191 e. The first-order valence-electron chi connectivity index (χ1n) is 8.58. The van der Waals surface area contributed by atoms with Crippen molar-refractivity contribution >= 4 is 47.3 Å². The van der Waals surface area contributed by atoms with Gasteiger partial charge >= 0.3 is 0 Å². The van der Waals surface area contributed by atoms with Gasteiger partial charge in [-0.15, -0.1) is 45.9 Å². The summed E-state index contributed by atoms with van der Waals surface area (Å²) >= 11 is 1.77. The van der Waals surface area contributed by atoms with Crippen molar-refractivity contribution in [3.05, 3.63) is 59.5 Å². The molecular formula is C19H25IN6S. The Labute approximate surface area is 181 Å². The zero-order valence-electron chi connectivity index (χ0n) is 15.8.